The Morgan fingerprint density at radius 1 is 1.45 bits per heavy atom. The molecule has 11 heavy (non-hydrogen) atoms. The summed E-state index contributed by atoms with van der Waals surface area (Å²) in [5.41, 5.74) is 0. The van der Waals surface area contributed by atoms with Crippen LogP contribution in [0.5, 0.6) is 0 Å². The molecule has 1 rings (SSSR count). The van der Waals surface area contributed by atoms with E-state index in [0.29, 0.717) is 0 Å². The summed E-state index contributed by atoms with van der Waals surface area (Å²) in [4.78, 5) is 2.43. The standard InChI is InChI=1S/C7H15NS3/c1-2-3-4-8-5-6-11(9,10)7-8/h2-7H2,1H3. The molecule has 0 radical (unpaired) electrons. The number of hydrogen-bond donors (Lipinski definition) is 0. The summed E-state index contributed by atoms with van der Waals surface area (Å²) in [7, 11) is -1.03. The van der Waals surface area contributed by atoms with E-state index < -0.39 is 7.15 Å². The number of nitrogens with zero attached hydrogens (tertiary/aromatic N) is 1. The summed E-state index contributed by atoms with van der Waals surface area (Å²) < 4.78 is 0. The summed E-state index contributed by atoms with van der Waals surface area (Å²) >= 11 is 10.6. The fourth-order valence-electron chi connectivity index (χ4n) is 1.23. The Balaban J connectivity index is 2.31. The van der Waals surface area contributed by atoms with Crippen LogP contribution in [0.1, 0.15) is 19.8 Å². The predicted molar refractivity (Wildman–Crippen MR) is 58.3 cm³/mol. The van der Waals surface area contributed by atoms with Gasteiger partial charge >= 0.3 is 0 Å². The molecule has 0 bridgehead atoms. The monoisotopic (exact) mass is 209 g/mol. The van der Waals surface area contributed by atoms with E-state index in [2.05, 4.69) is 11.8 Å². The second-order valence-electron chi connectivity index (χ2n) is 3.05. The fourth-order valence-corrected chi connectivity index (χ4v) is 4.06. The van der Waals surface area contributed by atoms with Crippen molar-refractivity contribution in [3.63, 3.8) is 0 Å². The van der Waals surface area contributed by atoms with Crippen LogP contribution in [0.25, 0.3) is 0 Å². The van der Waals surface area contributed by atoms with Crippen LogP contribution in [0.15, 0.2) is 0 Å². The summed E-state index contributed by atoms with van der Waals surface area (Å²) in [6.45, 7) is 4.58. The van der Waals surface area contributed by atoms with E-state index in [1.165, 1.54) is 19.4 Å². The molecule has 0 aliphatic carbocycles. The van der Waals surface area contributed by atoms with Crippen molar-refractivity contribution in [3.05, 3.63) is 0 Å². The highest BCUT2D eigenvalue weighted by atomic mass is 33.1. The SMILES string of the molecule is CCCCN1CCS(=S)(=S)C1. The largest absolute Gasteiger partial charge is 0.293 e. The van der Waals surface area contributed by atoms with Gasteiger partial charge in [0.15, 0.2) is 0 Å². The highest BCUT2D eigenvalue weighted by molar-refractivity contribution is 8.56. The van der Waals surface area contributed by atoms with Crippen LogP contribution in [0.2, 0.25) is 0 Å². The highest BCUT2D eigenvalue weighted by Crippen LogP contribution is 2.08. The van der Waals surface area contributed by atoms with Crippen LogP contribution in [0.4, 0.5) is 0 Å². The quantitative estimate of drug-likeness (QED) is 0.686. The van der Waals surface area contributed by atoms with Crippen LogP contribution in [0.3, 0.4) is 0 Å². The van der Waals surface area contributed by atoms with E-state index in [1.54, 1.807) is 0 Å². The lowest BCUT2D eigenvalue weighted by atomic mass is 10.3. The van der Waals surface area contributed by atoms with Crippen LogP contribution < -0.4 is 0 Å². The first-order valence-corrected chi connectivity index (χ1v) is 7.89. The Kier molecular flexibility index (Phi) is 3.68. The summed E-state index contributed by atoms with van der Waals surface area (Å²) in [5.74, 6) is 2.12. The van der Waals surface area contributed by atoms with Crippen molar-refractivity contribution in [3.8, 4) is 0 Å². The van der Waals surface area contributed by atoms with Gasteiger partial charge in [-0.3, -0.25) is 4.90 Å². The van der Waals surface area contributed by atoms with Gasteiger partial charge in [-0.2, -0.15) is 0 Å². The first-order valence-electron chi connectivity index (χ1n) is 4.07. The normalized spacial score (nSPS) is 24.1. The third-order valence-electron chi connectivity index (χ3n) is 1.93. The summed E-state index contributed by atoms with van der Waals surface area (Å²) in [6.07, 6.45) is 2.56. The Hall–Kier alpha value is 0.750. The molecule has 0 saturated carbocycles. The molecule has 0 unspecified atom stereocenters. The molecule has 0 N–H and O–H groups in total. The van der Waals surface area contributed by atoms with Gasteiger partial charge in [0.05, 0.1) is 5.88 Å². The second-order valence-corrected chi connectivity index (χ2v) is 9.66. The molecule has 1 aliphatic rings. The molecule has 0 amide bonds. The number of hydrogen-bond acceptors (Lipinski definition) is 3. The molecule has 0 aromatic rings. The minimum Gasteiger partial charge on any atom is -0.293 e. The molecule has 1 saturated heterocycles. The number of rotatable bonds is 3. The molecule has 1 aliphatic heterocycles. The maximum absolute atomic E-state index is 5.29. The van der Waals surface area contributed by atoms with E-state index >= 15 is 0 Å². The zero-order valence-electron chi connectivity index (χ0n) is 6.91. The molecule has 0 atom stereocenters. The molecule has 0 spiro atoms. The zero-order chi connectivity index (χ0) is 8.32. The van der Waals surface area contributed by atoms with Crippen molar-refractivity contribution in [2.24, 2.45) is 0 Å². The fraction of sp³-hybridized carbons (Fsp3) is 1.00. The summed E-state index contributed by atoms with van der Waals surface area (Å²) in [6, 6.07) is 0. The molecular weight excluding hydrogens is 194 g/mol. The molecule has 1 fully saturated rings. The van der Waals surface area contributed by atoms with Gasteiger partial charge in [-0.15, -0.1) is 0 Å². The van der Waals surface area contributed by atoms with E-state index in [0.717, 1.165) is 18.2 Å². The lowest BCUT2D eigenvalue weighted by molar-refractivity contribution is 0.348. The van der Waals surface area contributed by atoms with Crippen LogP contribution >= 0.6 is 0 Å². The van der Waals surface area contributed by atoms with E-state index in [-0.39, 0.29) is 0 Å². The van der Waals surface area contributed by atoms with Crippen LogP contribution in [-0.2, 0) is 29.5 Å². The maximum atomic E-state index is 5.29. The third kappa shape index (κ3) is 3.32. The van der Waals surface area contributed by atoms with E-state index in [1.807, 2.05) is 0 Å². The lowest BCUT2D eigenvalue weighted by Gasteiger charge is -2.12. The van der Waals surface area contributed by atoms with E-state index in [9.17, 15) is 0 Å². The Morgan fingerprint density at radius 3 is 2.64 bits per heavy atom. The topological polar surface area (TPSA) is 3.24 Å². The Labute approximate surface area is 79.0 Å². The molecule has 0 aromatic carbocycles. The van der Waals surface area contributed by atoms with Gasteiger partial charge in [0.1, 0.15) is 0 Å². The minimum atomic E-state index is -1.03. The first-order chi connectivity index (χ1) is 5.14. The highest BCUT2D eigenvalue weighted by Gasteiger charge is 2.18. The second kappa shape index (κ2) is 4.12. The van der Waals surface area contributed by atoms with Gasteiger partial charge in [0.25, 0.3) is 0 Å². The third-order valence-corrected chi connectivity index (χ3v) is 5.12. The van der Waals surface area contributed by atoms with E-state index in [4.69, 9.17) is 22.4 Å². The number of unbranched alkanes of at least 4 members (excludes halogenated alkanes) is 1. The molecular formula is C7H15NS3. The molecule has 4 heteroatoms. The van der Waals surface area contributed by atoms with Crippen LogP contribution in [0, 0.1) is 0 Å². The zero-order valence-corrected chi connectivity index (χ0v) is 9.36. The molecule has 1 nitrogen and oxygen atoms in total. The molecule has 1 heterocycles. The van der Waals surface area contributed by atoms with Crippen molar-refractivity contribution in [1.82, 2.24) is 4.90 Å². The maximum Gasteiger partial charge on any atom is 0.0532 e. The van der Waals surface area contributed by atoms with Gasteiger partial charge in [0, 0.05) is 12.3 Å². The van der Waals surface area contributed by atoms with Gasteiger partial charge in [-0.1, -0.05) is 20.5 Å². The predicted octanol–water partition coefficient (Wildman–Crippen LogP) is 1.14. The summed E-state index contributed by atoms with van der Waals surface area (Å²) in [5, 5.41) is 0. The average Bonchev–Trinajstić information content (AvgIpc) is 2.26. The smallest absolute Gasteiger partial charge is 0.0532 e. The van der Waals surface area contributed by atoms with Crippen molar-refractivity contribution < 1.29 is 0 Å². The van der Waals surface area contributed by atoms with Gasteiger partial charge in [0.2, 0.25) is 0 Å². The van der Waals surface area contributed by atoms with Crippen molar-refractivity contribution in [2.45, 2.75) is 19.8 Å². The van der Waals surface area contributed by atoms with Crippen molar-refractivity contribution >= 4 is 29.5 Å². The minimum absolute atomic E-state index is 1.03. The Morgan fingerprint density at radius 2 is 2.18 bits per heavy atom. The van der Waals surface area contributed by atoms with Gasteiger partial charge in [-0.05, 0) is 35.3 Å². The van der Waals surface area contributed by atoms with Crippen molar-refractivity contribution in [1.29, 1.82) is 0 Å². The lowest BCUT2D eigenvalue weighted by Crippen LogP contribution is -2.21. The first kappa shape index (κ1) is 9.84. The van der Waals surface area contributed by atoms with Crippen LogP contribution in [-0.4, -0.2) is 29.6 Å². The van der Waals surface area contributed by atoms with Gasteiger partial charge in [-0.25, -0.2) is 0 Å². The molecule has 66 valence electrons. The molecule has 0 aromatic heterocycles. The average molecular weight is 209 g/mol. The van der Waals surface area contributed by atoms with Crippen molar-refractivity contribution in [2.75, 3.05) is 24.7 Å². The Bertz CT molecular complexity index is 208. The van der Waals surface area contributed by atoms with Gasteiger partial charge < -0.3 is 0 Å².